The molecule has 0 N–H and O–H groups in total. The molecule has 0 aliphatic rings. The number of rotatable bonds is 28. The highest BCUT2D eigenvalue weighted by atomic mass is 16.5. The number of unbranched alkanes of at least 4 members (excludes halogenated alkanes) is 24. The van der Waals surface area contributed by atoms with Crippen molar-refractivity contribution in [3.63, 3.8) is 0 Å². The van der Waals surface area contributed by atoms with Crippen LogP contribution in [0.1, 0.15) is 194 Å². The number of hydrogen-bond donors (Lipinski definition) is 0. The normalized spacial score (nSPS) is 10.6. The Bertz CT molecular complexity index is 463. The molecule has 0 atom stereocenters. The van der Waals surface area contributed by atoms with E-state index in [-0.39, 0.29) is 11.9 Å². The second-order valence-corrected chi connectivity index (χ2v) is 11.1. The van der Waals surface area contributed by atoms with Crippen molar-refractivity contribution in [3.8, 4) is 0 Å². The highest BCUT2D eigenvalue weighted by molar-refractivity contribution is 5.69. The Morgan fingerprint density at radius 1 is 0.342 bits per heavy atom. The fourth-order valence-corrected chi connectivity index (χ4v) is 4.78. The molecule has 38 heavy (non-hydrogen) atoms. The first-order valence-corrected chi connectivity index (χ1v) is 16.8. The molecule has 0 radical (unpaired) electrons. The summed E-state index contributed by atoms with van der Waals surface area (Å²) in [6.07, 6.45) is 36.0. The lowest BCUT2D eigenvalue weighted by atomic mass is 10.0. The highest BCUT2D eigenvalue weighted by Gasteiger charge is 2.00. The number of carbonyl (C=O) groups excluding carboxylic acids is 2. The Morgan fingerprint density at radius 3 is 0.711 bits per heavy atom. The molecule has 228 valence electrons. The van der Waals surface area contributed by atoms with Crippen molar-refractivity contribution in [2.24, 2.45) is 0 Å². The summed E-state index contributed by atoms with van der Waals surface area (Å²) in [5.74, 6) is -0.134. The molecule has 0 spiro atoms. The first kappa shape index (κ1) is 39.1. The molecule has 0 saturated heterocycles. The maximum Gasteiger partial charge on any atom is 0.305 e. The summed E-state index contributed by atoms with van der Waals surface area (Å²) in [7, 11) is 2.93. The molecule has 0 rings (SSSR count). The lowest BCUT2D eigenvalue weighted by molar-refractivity contribution is -0.141. The van der Waals surface area contributed by atoms with Crippen LogP contribution in [0.25, 0.3) is 0 Å². The van der Waals surface area contributed by atoms with E-state index in [2.05, 4.69) is 23.3 Å². The van der Waals surface area contributed by atoms with Gasteiger partial charge in [-0.05, 0) is 12.8 Å². The molecular formula is C34H68O4. The molecule has 0 aliphatic heterocycles. The van der Waals surface area contributed by atoms with Crippen LogP contribution >= 0.6 is 0 Å². The summed E-state index contributed by atoms with van der Waals surface area (Å²) in [4.78, 5) is 21.8. The zero-order valence-corrected chi connectivity index (χ0v) is 26.4. The first-order chi connectivity index (χ1) is 18.6. The van der Waals surface area contributed by atoms with Crippen LogP contribution in [0.3, 0.4) is 0 Å². The van der Waals surface area contributed by atoms with E-state index in [1.165, 1.54) is 168 Å². The SMILES string of the molecule is CCCCCCCCCCCCCC(=O)OC.CCCCCCCCCCCCCCCCCC(=O)OC. The third-order valence-corrected chi connectivity index (χ3v) is 7.42. The molecule has 0 aromatic heterocycles. The maximum absolute atomic E-state index is 10.9. The monoisotopic (exact) mass is 541 g/mol. The molecule has 0 bridgehead atoms. The average Bonchev–Trinajstić information content (AvgIpc) is 2.93. The standard InChI is InChI=1S/C19H38O2.C15H30O2/c1-3-4-5-6-7-8-9-10-11-12-13-14-15-16-17-18-19(20)21-2;1-3-4-5-6-7-8-9-10-11-12-13-14-15(16)17-2/h3-18H2,1-2H3;3-14H2,1-2H3. The Hall–Kier alpha value is -1.06. The van der Waals surface area contributed by atoms with Gasteiger partial charge in [-0.25, -0.2) is 0 Å². The number of hydrogen-bond acceptors (Lipinski definition) is 4. The van der Waals surface area contributed by atoms with Crippen molar-refractivity contribution in [2.45, 2.75) is 194 Å². The predicted molar refractivity (Wildman–Crippen MR) is 165 cm³/mol. The van der Waals surface area contributed by atoms with Gasteiger partial charge in [-0.1, -0.05) is 168 Å². The van der Waals surface area contributed by atoms with Crippen molar-refractivity contribution >= 4 is 11.9 Å². The predicted octanol–water partition coefficient (Wildman–Crippen LogP) is 11.3. The lowest BCUT2D eigenvalue weighted by Crippen LogP contribution is -1.99. The van der Waals surface area contributed by atoms with Crippen LogP contribution < -0.4 is 0 Å². The van der Waals surface area contributed by atoms with E-state index in [0.29, 0.717) is 12.8 Å². The molecule has 0 heterocycles. The molecule has 0 saturated carbocycles. The summed E-state index contributed by atoms with van der Waals surface area (Å²) in [6.45, 7) is 4.54. The molecule has 0 amide bonds. The van der Waals surface area contributed by atoms with Crippen LogP contribution in [-0.4, -0.2) is 26.2 Å². The topological polar surface area (TPSA) is 52.6 Å². The maximum atomic E-state index is 10.9. The quantitative estimate of drug-likeness (QED) is 0.0731. The van der Waals surface area contributed by atoms with Crippen molar-refractivity contribution in [1.29, 1.82) is 0 Å². The van der Waals surface area contributed by atoms with E-state index >= 15 is 0 Å². The van der Waals surface area contributed by atoms with Crippen molar-refractivity contribution in [2.75, 3.05) is 14.2 Å². The largest absolute Gasteiger partial charge is 0.469 e. The second kappa shape index (κ2) is 35.9. The van der Waals surface area contributed by atoms with E-state index in [4.69, 9.17) is 0 Å². The van der Waals surface area contributed by atoms with Gasteiger partial charge >= 0.3 is 11.9 Å². The zero-order valence-electron chi connectivity index (χ0n) is 26.4. The fraction of sp³-hybridized carbons (Fsp3) is 0.941. The van der Waals surface area contributed by atoms with E-state index < -0.39 is 0 Å². The van der Waals surface area contributed by atoms with Crippen LogP contribution in [0.5, 0.6) is 0 Å². The molecule has 0 aromatic rings. The minimum absolute atomic E-state index is 0.0651. The Balaban J connectivity index is 0. The highest BCUT2D eigenvalue weighted by Crippen LogP contribution is 2.14. The molecule has 0 fully saturated rings. The van der Waals surface area contributed by atoms with Gasteiger partial charge in [0.05, 0.1) is 14.2 Å². The summed E-state index contributed by atoms with van der Waals surface area (Å²) in [5.41, 5.74) is 0. The van der Waals surface area contributed by atoms with Gasteiger partial charge in [0.25, 0.3) is 0 Å². The van der Waals surface area contributed by atoms with Gasteiger partial charge < -0.3 is 9.47 Å². The van der Waals surface area contributed by atoms with Crippen LogP contribution in [0.2, 0.25) is 0 Å². The first-order valence-electron chi connectivity index (χ1n) is 16.8. The van der Waals surface area contributed by atoms with Crippen LogP contribution in [-0.2, 0) is 19.1 Å². The van der Waals surface area contributed by atoms with Gasteiger partial charge in [0.2, 0.25) is 0 Å². The van der Waals surface area contributed by atoms with Crippen LogP contribution in [0.15, 0.2) is 0 Å². The van der Waals surface area contributed by atoms with Crippen LogP contribution in [0, 0.1) is 0 Å². The van der Waals surface area contributed by atoms with Crippen molar-refractivity contribution in [3.05, 3.63) is 0 Å². The minimum atomic E-state index is -0.0686. The number of carbonyl (C=O) groups is 2. The average molecular weight is 541 g/mol. The molecule has 0 unspecified atom stereocenters. The van der Waals surface area contributed by atoms with E-state index in [0.717, 1.165) is 12.8 Å². The summed E-state index contributed by atoms with van der Waals surface area (Å²) in [6, 6.07) is 0. The molecule has 4 heteroatoms. The molecule has 0 aromatic carbocycles. The Labute approximate surface area is 238 Å². The summed E-state index contributed by atoms with van der Waals surface area (Å²) < 4.78 is 9.23. The third-order valence-electron chi connectivity index (χ3n) is 7.42. The Kier molecular flexibility index (Phi) is 37.0. The van der Waals surface area contributed by atoms with Crippen molar-refractivity contribution < 1.29 is 19.1 Å². The second-order valence-electron chi connectivity index (χ2n) is 11.1. The number of methoxy groups -OCH3 is 2. The van der Waals surface area contributed by atoms with Gasteiger partial charge in [0.1, 0.15) is 0 Å². The fourth-order valence-electron chi connectivity index (χ4n) is 4.78. The van der Waals surface area contributed by atoms with Gasteiger partial charge in [0.15, 0.2) is 0 Å². The van der Waals surface area contributed by atoms with Gasteiger partial charge in [-0.2, -0.15) is 0 Å². The molecule has 0 aliphatic carbocycles. The van der Waals surface area contributed by atoms with Crippen molar-refractivity contribution in [1.82, 2.24) is 0 Å². The van der Waals surface area contributed by atoms with Gasteiger partial charge in [-0.3, -0.25) is 9.59 Å². The van der Waals surface area contributed by atoms with Crippen LogP contribution in [0.4, 0.5) is 0 Å². The molecule has 4 nitrogen and oxygen atoms in total. The third kappa shape index (κ3) is 37.1. The number of ether oxygens (including phenoxy) is 2. The summed E-state index contributed by atoms with van der Waals surface area (Å²) in [5, 5.41) is 0. The van der Waals surface area contributed by atoms with E-state index in [9.17, 15) is 9.59 Å². The smallest absolute Gasteiger partial charge is 0.305 e. The van der Waals surface area contributed by atoms with Gasteiger partial charge in [0, 0.05) is 12.8 Å². The summed E-state index contributed by atoms with van der Waals surface area (Å²) >= 11 is 0. The number of esters is 2. The Morgan fingerprint density at radius 2 is 0.526 bits per heavy atom. The molecular weight excluding hydrogens is 472 g/mol. The van der Waals surface area contributed by atoms with Gasteiger partial charge in [-0.15, -0.1) is 0 Å². The van der Waals surface area contributed by atoms with E-state index in [1.807, 2.05) is 0 Å². The lowest BCUT2D eigenvalue weighted by Gasteiger charge is -2.03. The minimum Gasteiger partial charge on any atom is -0.469 e. The zero-order chi connectivity index (χ0) is 28.4. The van der Waals surface area contributed by atoms with E-state index in [1.54, 1.807) is 0 Å².